The minimum absolute atomic E-state index is 0.0585. The molecule has 2 fully saturated rings. The number of carbonyl (C=O) groups is 1. The highest BCUT2D eigenvalue weighted by atomic mass is 32.2. The highest BCUT2D eigenvalue weighted by molar-refractivity contribution is 7.88. The summed E-state index contributed by atoms with van der Waals surface area (Å²) in [5.74, 6) is -0.247. The van der Waals surface area contributed by atoms with Crippen LogP contribution in [0.25, 0.3) is 0 Å². The molecular weight excluding hydrogens is 356 g/mol. The van der Waals surface area contributed by atoms with Crippen LogP contribution in [-0.2, 0) is 21.4 Å². The third-order valence-corrected chi connectivity index (χ3v) is 7.01. The van der Waals surface area contributed by atoms with Crippen molar-refractivity contribution in [2.75, 3.05) is 39.5 Å². The zero-order valence-corrected chi connectivity index (χ0v) is 16.5. The number of benzene rings is 1. The first-order valence-corrected chi connectivity index (χ1v) is 10.5. The van der Waals surface area contributed by atoms with E-state index in [1.807, 2.05) is 19.9 Å². The lowest BCUT2D eigenvalue weighted by atomic mass is 9.81. The second-order valence-corrected chi connectivity index (χ2v) is 9.61. The van der Waals surface area contributed by atoms with Gasteiger partial charge in [0.1, 0.15) is 5.75 Å². The predicted octanol–water partition coefficient (Wildman–Crippen LogP) is 1.09. The van der Waals surface area contributed by atoms with Crippen molar-refractivity contribution in [3.63, 3.8) is 0 Å². The summed E-state index contributed by atoms with van der Waals surface area (Å²) in [4.78, 5) is 14.1. The lowest BCUT2D eigenvalue weighted by Gasteiger charge is -2.25. The Morgan fingerprint density at radius 1 is 1.27 bits per heavy atom. The molecule has 2 atom stereocenters. The third kappa shape index (κ3) is 3.21. The van der Waals surface area contributed by atoms with Crippen molar-refractivity contribution in [1.29, 1.82) is 0 Å². The number of rotatable bonds is 5. The van der Waals surface area contributed by atoms with Crippen LogP contribution < -0.4 is 4.74 Å². The highest BCUT2D eigenvalue weighted by Gasteiger charge is 2.59. The van der Waals surface area contributed by atoms with E-state index in [0.29, 0.717) is 19.6 Å². The Kier molecular flexibility index (Phi) is 4.79. The average molecular weight is 382 g/mol. The summed E-state index contributed by atoms with van der Waals surface area (Å²) >= 11 is 0. The van der Waals surface area contributed by atoms with Crippen LogP contribution >= 0.6 is 0 Å². The molecule has 0 spiro atoms. The zero-order valence-electron chi connectivity index (χ0n) is 15.7. The molecule has 26 heavy (non-hydrogen) atoms. The van der Waals surface area contributed by atoms with E-state index in [-0.39, 0.29) is 19.0 Å². The van der Waals surface area contributed by atoms with E-state index in [4.69, 9.17) is 4.74 Å². The first-order valence-electron chi connectivity index (χ1n) is 8.62. The van der Waals surface area contributed by atoms with Crippen molar-refractivity contribution in [1.82, 2.24) is 9.21 Å². The lowest BCUT2D eigenvalue weighted by molar-refractivity contribution is -0.148. The molecule has 2 aliphatic heterocycles. The van der Waals surface area contributed by atoms with Gasteiger partial charge in [-0.2, -0.15) is 0 Å². The smallest absolute Gasteiger partial charge is 0.312 e. The van der Waals surface area contributed by atoms with Crippen LogP contribution in [0.1, 0.15) is 16.7 Å². The van der Waals surface area contributed by atoms with Gasteiger partial charge in [-0.25, -0.2) is 12.7 Å². The summed E-state index contributed by atoms with van der Waals surface area (Å²) in [6.07, 6.45) is 1.14. The topological polar surface area (TPSA) is 87.2 Å². The number of aryl methyl sites for hydroxylation is 2. The van der Waals surface area contributed by atoms with Gasteiger partial charge in [0.15, 0.2) is 0 Å². The monoisotopic (exact) mass is 382 g/mol. The molecule has 3 rings (SSSR count). The highest BCUT2D eigenvalue weighted by Crippen LogP contribution is 2.44. The van der Waals surface area contributed by atoms with Gasteiger partial charge in [-0.1, -0.05) is 6.07 Å². The van der Waals surface area contributed by atoms with Gasteiger partial charge in [-0.3, -0.25) is 9.69 Å². The van der Waals surface area contributed by atoms with E-state index in [1.54, 1.807) is 7.11 Å². The molecule has 1 N–H and O–H groups in total. The van der Waals surface area contributed by atoms with Gasteiger partial charge in [0, 0.05) is 38.6 Å². The number of hydrogen-bond acceptors (Lipinski definition) is 5. The molecule has 0 aromatic heterocycles. The van der Waals surface area contributed by atoms with Crippen molar-refractivity contribution < 1.29 is 23.1 Å². The molecule has 0 amide bonds. The van der Waals surface area contributed by atoms with Crippen LogP contribution in [0.5, 0.6) is 5.75 Å². The number of fused-ring (bicyclic) bond motifs is 1. The molecule has 0 bridgehead atoms. The van der Waals surface area contributed by atoms with Crippen LogP contribution in [0.4, 0.5) is 0 Å². The molecule has 1 aromatic carbocycles. The molecule has 0 radical (unpaired) electrons. The predicted molar refractivity (Wildman–Crippen MR) is 97.7 cm³/mol. The van der Waals surface area contributed by atoms with Gasteiger partial charge in [-0.05, 0) is 36.6 Å². The minimum atomic E-state index is -3.38. The molecule has 1 aromatic rings. The Balaban J connectivity index is 1.81. The first kappa shape index (κ1) is 19.1. The van der Waals surface area contributed by atoms with E-state index in [0.717, 1.165) is 28.7 Å². The fraction of sp³-hybridized carbons (Fsp3) is 0.611. The van der Waals surface area contributed by atoms with Crippen molar-refractivity contribution in [3.05, 3.63) is 28.8 Å². The van der Waals surface area contributed by atoms with Crippen LogP contribution in [-0.4, -0.2) is 68.2 Å². The van der Waals surface area contributed by atoms with Crippen molar-refractivity contribution in [3.8, 4) is 5.75 Å². The molecule has 144 valence electrons. The number of sulfonamides is 1. The Morgan fingerprint density at radius 3 is 2.50 bits per heavy atom. The van der Waals surface area contributed by atoms with Crippen LogP contribution in [0, 0.1) is 25.2 Å². The molecular formula is C18H26N2O5S. The van der Waals surface area contributed by atoms with Gasteiger partial charge in [0.2, 0.25) is 10.0 Å². The number of methoxy groups -OCH3 is 1. The number of nitrogens with zero attached hydrogens (tertiary/aromatic N) is 2. The fourth-order valence-corrected chi connectivity index (χ4v) is 5.19. The summed E-state index contributed by atoms with van der Waals surface area (Å²) < 4.78 is 30.4. The maximum atomic E-state index is 12.0. The normalized spacial score (nSPS) is 26.8. The first-order chi connectivity index (χ1) is 12.1. The lowest BCUT2D eigenvalue weighted by Crippen LogP contribution is -2.41. The largest absolute Gasteiger partial charge is 0.496 e. The summed E-state index contributed by atoms with van der Waals surface area (Å²) in [5, 5.41) is 9.84. The molecule has 2 aliphatic rings. The average Bonchev–Trinajstić information content (AvgIpc) is 3.05. The Hall–Kier alpha value is -1.64. The van der Waals surface area contributed by atoms with E-state index in [2.05, 4.69) is 11.0 Å². The van der Waals surface area contributed by atoms with Gasteiger partial charge in [0.25, 0.3) is 0 Å². The Morgan fingerprint density at radius 2 is 1.96 bits per heavy atom. The number of carboxylic acids is 1. The van der Waals surface area contributed by atoms with Crippen molar-refractivity contribution in [2.45, 2.75) is 20.4 Å². The number of ether oxygens (including phenoxy) is 1. The van der Waals surface area contributed by atoms with Crippen LogP contribution in [0.3, 0.4) is 0 Å². The molecule has 0 unspecified atom stereocenters. The second-order valence-electron chi connectivity index (χ2n) is 7.63. The van der Waals surface area contributed by atoms with Gasteiger partial charge in [0.05, 0.1) is 18.8 Å². The molecule has 0 aliphatic carbocycles. The SMILES string of the molecule is COc1cc(C)c(CN2C[C@H]3CN(S(C)(=O)=O)C[C@@]3(C(=O)O)C2)cc1C. The molecule has 0 saturated carbocycles. The third-order valence-electron chi connectivity index (χ3n) is 5.79. The molecule has 7 nitrogen and oxygen atoms in total. The Labute approximate surface area is 154 Å². The van der Waals surface area contributed by atoms with Crippen molar-refractivity contribution in [2.24, 2.45) is 11.3 Å². The number of carboxylic acid groups (broad SMARTS) is 1. The van der Waals surface area contributed by atoms with E-state index >= 15 is 0 Å². The fourth-order valence-electron chi connectivity index (χ4n) is 4.28. The van der Waals surface area contributed by atoms with E-state index < -0.39 is 21.4 Å². The summed E-state index contributed by atoms with van der Waals surface area (Å²) in [5.41, 5.74) is 2.28. The maximum Gasteiger partial charge on any atom is 0.312 e. The summed E-state index contributed by atoms with van der Waals surface area (Å²) in [6, 6.07) is 4.08. The molecule has 8 heteroatoms. The second kappa shape index (κ2) is 6.51. The minimum Gasteiger partial charge on any atom is -0.496 e. The van der Waals surface area contributed by atoms with E-state index in [9.17, 15) is 18.3 Å². The van der Waals surface area contributed by atoms with E-state index in [1.165, 1.54) is 4.31 Å². The van der Waals surface area contributed by atoms with Crippen LogP contribution in [0.15, 0.2) is 12.1 Å². The quantitative estimate of drug-likeness (QED) is 0.820. The summed E-state index contributed by atoms with van der Waals surface area (Å²) in [7, 11) is -1.73. The summed E-state index contributed by atoms with van der Waals surface area (Å²) in [6.45, 7) is 5.95. The number of hydrogen-bond donors (Lipinski definition) is 1. The van der Waals surface area contributed by atoms with Gasteiger partial charge >= 0.3 is 5.97 Å². The van der Waals surface area contributed by atoms with Gasteiger partial charge < -0.3 is 9.84 Å². The maximum absolute atomic E-state index is 12.0. The standard InChI is InChI=1S/C18H26N2O5S/c1-12-6-16(25-3)13(2)5-14(12)7-19-8-15-9-20(26(4,23)24)11-18(15,10-19)17(21)22/h5-6,15H,7-11H2,1-4H3,(H,21,22)/t15-,18-/m0/s1. The number of aliphatic carboxylic acids is 1. The Bertz CT molecular complexity index is 838. The zero-order chi connectivity index (χ0) is 19.3. The van der Waals surface area contributed by atoms with Crippen molar-refractivity contribution >= 4 is 16.0 Å². The molecule has 2 saturated heterocycles. The van der Waals surface area contributed by atoms with Crippen LogP contribution in [0.2, 0.25) is 0 Å². The number of likely N-dealkylation sites (tertiary alicyclic amines) is 1. The van der Waals surface area contributed by atoms with Gasteiger partial charge in [-0.15, -0.1) is 0 Å². The molecule has 2 heterocycles.